The Labute approximate surface area is 114 Å². The molecular formula is C14H21BO4. The van der Waals surface area contributed by atoms with Crippen LogP contribution in [-0.2, 0) is 15.7 Å². The molecule has 0 bridgehead atoms. The number of hydrogen-bond donors (Lipinski definition) is 2. The Kier molecular flexibility index (Phi) is 3.64. The Balaban J connectivity index is 2.39. The van der Waals surface area contributed by atoms with E-state index in [4.69, 9.17) is 14.4 Å². The zero-order chi connectivity index (χ0) is 14.3. The van der Waals surface area contributed by atoms with Gasteiger partial charge in [0.1, 0.15) is 5.75 Å². The van der Waals surface area contributed by atoms with E-state index in [-0.39, 0.29) is 12.4 Å². The number of aromatic hydroxyl groups is 1. The highest BCUT2D eigenvalue weighted by atomic mass is 16.7. The summed E-state index contributed by atoms with van der Waals surface area (Å²) in [4.78, 5) is 0. The first-order chi connectivity index (χ1) is 8.78. The second kappa shape index (κ2) is 4.82. The summed E-state index contributed by atoms with van der Waals surface area (Å²) in [6.07, 6.45) is 0.466. The summed E-state index contributed by atoms with van der Waals surface area (Å²) in [6.45, 7) is 7.91. The quantitative estimate of drug-likeness (QED) is 0.806. The molecule has 0 saturated carbocycles. The van der Waals surface area contributed by atoms with Gasteiger partial charge < -0.3 is 19.5 Å². The molecule has 1 fully saturated rings. The topological polar surface area (TPSA) is 58.9 Å². The molecule has 1 saturated heterocycles. The average molecular weight is 264 g/mol. The predicted molar refractivity (Wildman–Crippen MR) is 74.6 cm³/mol. The molecule has 0 aliphatic carbocycles. The van der Waals surface area contributed by atoms with E-state index in [1.165, 1.54) is 0 Å². The van der Waals surface area contributed by atoms with Gasteiger partial charge in [0.15, 0.2) is 0 Å². The Morgan fingerprint density at radius 2 is 1.68 bits per heavy atom. The standard InChI is InChI=1S/C14H21BO4/c1-13(2)14(3,4)19-15(18-13)12-10(8-9-16)6-5-7-11(12)17/h5-7,16-17H,8-9H2,1-4H3. The molecule has 19 heavy (non-hydrogen) atoms. The van der Waals surface area contributed by atoms with E-state index in [1.54, 1.807) is 12.1 Å². The maximum absolute atomic E-state index is 10.1. The Bertz CT molecular complexity index is 455. The molecule has 0 amide bonds. The molecule has 0 spiro atoms. The first-order valence-electron chi connectivity index (χ1n) is 6.56. The second-order valence-corrected chi connectivity index (χ2v) is 5.91. The maximum Gasteiger partial charge on any atom is 0.498 e. The van der Waals surface area contributed by atoms with Crippen molar-refractivity contribution in [2.75, 3.05) is 6.61 Å². The number of hydrogen-bond acceptors (Lipinski definition) is 4. The summed E-state index contributed by atoms with van der Waals surface area (Å²) >= 11 is 0. The highest BCUT2D eigenvalue weighted by Crippen LogP contribution is 2.37. The van der Waals surface area contributed by atoms with Crippen molar-refractivity contribution in [3.8, 4) is 5.75 Å². The summed E-state index contributed by atoms with van der Waals surface area (Å²) < 4.78 is 11.9. The molecular weight excluding hydrogens is 243 g/mol. The fraction of sp³-hybridized carbons (Fsp3) is 0.571. The highest BCUT2D eigenvalue weighted by Gasteiger charge is 2.52. The summed E-state index contributed by atoms with van der Waals surface area (Å²) in [5.41, 5.74) is 0.573. The van der Waals surface area contributed by atoms with E-state index in [1.807, 2.05) is 33.8 Å². The van der Waals surface area contributed by atoms with Crippen LogP contribution in [0.1, 0.15) is 33.3 Å². The van der Waals surface area contributed by atoms with Gasteiger partial charge in [0.05, 0.1) is 11.2 Å². The van der Waals surface area contributed by atoms with Crippen molar-refractivity contribution in [2.24, 2.45) is 0 Å². The van der Waals surface area contributed by atoms with Crippen LogP contribution in [0.4, 0.5) is 0 Å². The van der Waals surface area contributed by atoms with Crippen LogP contribution in [0.2, 0.25) is 0 Å². The summed E-state index contributed by atoms with van der Waals surface area (Å²) in [7, 11) is -0.604. The first kappa shape index (κ1) is 14.4. The van der Waals surface area contributed by atoms with Crippen LogP contribution >= 0.6 is 0 Å². The van der Waals surface area contributed by atoms with Gasteiger partial charge in [-0.1, -0.05) is 12.1 Å². The molecule has 2 rings (SSSR count). The van der Waals surface area contributed by atoms with Crippen LogP contribution in [0.5, 0.6) is 5.75 Å². The molecule has 1 heterocycles. The molecule has 0 aromatic heterocycles. The van der Waals surface area contributed by atoms with E-state index < -0.39 is 18.3 Å². The van der Waals surface area contributed by atoms with Crippen LogP contribution in [0.25, 0.3) is 0 Å². The van der Waals surface area contributed by atoms with Crippen molar-refractivity contribution in [1.29, 1.82) is 0 Å². The van der Waals surface area contributed by atoms with Gasteiger partial charge in [-0.25, -0.2) is 0 Å². The Hall–Kier alpha value is -1.04. The molecule has 0 radical (unpaired) electrons. The van der Waals surface area contributed by atoms with Crippen LogP contribution in [0, 0.1) is 0 Å². The minimum Gasteiger partial charge on any atom is -0.508 e. The van der Waals surface area contributed by atoms with Gasteiger partial charge in [0.25, 0.3) is 0 Å². The summed E-state index contributed by atoms with van der Waals surface area (Å²) in [5, 5.41) is 19.2. The molecule has 2 N–H and O–H groups in total. The monoisotopic (exact) mass is 264 g/mol. The van der Waals surface area contributed by atoms with Crippen molar-refractivity contribution in [3.05, 3.63) is 23.8 Å². The van der Waals surface area contributed by atoms with Gasteiger partial charge in [-0.15, -0.1) is 0 Å². The number of benzene rings is 1. The van der Waals surface area contributed by atoms with Crippen molar-refractivity contribution >= 4 is 12.6 Å². The largest absolute Gasteiger partial charge is 0.508 e. The number of phenolic OH excluding ortho intramolecular Hbond substituents is 1. The second-order valence-electron chi connectivity index (χ2n) is 5.91. The Morgan fingerprint density at radius 1 is 1.11 bits per heavy atom. The molecule has 104 valence electrons. The third-order valence-electron chi connectivity index (χ3n) is 4.04. The van der Waals surface area contributed by atoms with Gasteiger partial charge in [0, 0.05) is 12.1 Å². The normalized spacial score (nSPS) is 20.8. The number of phenols is 1. The van der Waals surface area contributed by atoms with Crippen LogP contribution < -0.4 is 5.46 Å². The summed E-state index contributed by atoms with van der Waals surface area (Å²) in [5.74, 6) is 0.143. The van der Waals surface area contributed by atoms with Crippen molar-refractivity contribution < 1.29 is 19.5 Å². The molecule has 0 unspecified atom stereocenters. The van der Waals surface area contributed by atoms with Gasteiger partial charge in [-0.3, -0.25) is 0 Å². The van der Waals surface area contributed by atoms with E-state index in [0.717, 1.165) is 5.56 Å². The van der Waals surface area contributed by atoms with E-state index in [2.05, 4.69) is 0 Å². The van der Waals surface area contributed by atoms with E-state index >= 15 is 0 Å². The van der Waals surface area contributed by atoms with Crippen LogP contribution in [0.15, 0.2) is 18.2 Å². The molecule has 0 atom stereocenters. The first-order valence-corrected chi connectivity index (χ1v) is 6.56. The van der Waals surface area contributed by atoms with Crippen molar-refractivity contribution in [1.82, 2.24) is 0 Å². The molecule has 1 aromatic rings. The smallest absolute Gasteiger partial charge is 0.498 e. The van der Waals surface area contributed by atoms with Crippen molar-refractivity contribution in [3.63, 3.8) is 0 Å². The van der Waals surface area contributed by atoms with E-state index in [0.29, 0.717) is 11.9 Å². The lowest BCUT2D eigenvalue weighted by Gasteiger charge is -2.32. The number of aliphatic hydroxyl groups excluding tert-OH is 1. The Morgan fingerprint density at radius 3 is 2.21 bits per heavy atom. The van der Waals surface area contributed by atoms with E-state index in [9.17, 15) is 5.11 Å². The van der Waals surface area contributed by atoms with Crippen LogP contribution in [0.3, 0.4) is 0 Å². The van der Waals surface area contributed by atoms with Gasteiger partial charge >= 0.3 is 7.12 Å². The summed E-state index contributed by atoms with van der Waals surface area (Å²) in [6, 6.07) is 5.24. The van der Waals surface area contributed by atoms with Crippen LogP contribution in [-0.4, -0.2) is 35.1 Å². The fourth-order valence-electron chi connectivity index (χ4n) is 2.17. The fourth-order valence-corrected chi connectivity index (χ4v) is 2.17. The minimum atomic E-state index is -0.604. The van der Waals surface area contributed by atoms with Gasteiger partial charge in [-0.05, 0) is 45.7 Å². The zero-order valence-electron chi connectivity index (χ0n) is 11.9. The van der Waals surface area contributed by atoms with Gasteiger partial charge in [0.2, 0.25) is 0 Å². The molecule has 1 aromatic carbocycles. The van der Waals surface area contributed by atoms with Crippen molar-refractivity contribution in [2.45, 2.75) is 45.3 Å². The SMILES string of the molecule is CC1(C)OB(c2c(O)cccc2CCO)OC1(C)C. The lowest BCUT2D eigenvalue weighted by molar-refractivity contribution is 0.00578. The molecule has 1 aliphatic heterocycles. The third-order valence-corrected chi connectivity index (χ3v) is 4.04. The molecule has 4 nitrogen and oxygen atoms in total. The zero-order valence-corrected chi connectivity index (χ0v) is 11.9. The lowest BCUT2D eigenvalue weighted by Crippen LogP contribution is -2.41. The van der Waals surface area contributed by atoms with Gasteiger partial charge in [-0.2, -0.15) is 0 Å². The number of rotatable bonds is 3. The number of aliphatic hydroxyl groups is 1. The third kappa shape index (κ3) is 2.50. The average Bonchev–Trinajstić information content (AvgIpc) is 2.48. The molecule has 5 heteroatoms. The highest BCUT2D eigenvalue weighted by molar-refractivity contribution is 6.63. The maximum atomic E-state index is 10.1. The molecule has 1 aliphatic rings. The minimum absolute atomic E-state index is 0.0238. The predicted octanol–water partition coefficient (Wildman–Crippen LogP) is 1.23. The lowest BCUT2D eigenvalue weighted by atomic mass is 9.74.